The first-order valence-corrected chi connectivity index (χ1v) is 7.66. The Kier molecular flexibility index (Phi) is 3.25. The maximum atomic E-state index is 4.50. The number of thiazole rings is 1. The maximum absolute atomic E-state index is 4.50. The van der Waals surface area contributed by atoms with E-state index in [4.69, 9.17) is 0 Å². The van der Waals surface area contributed by atoms with Gasteiger partial charge in [0.15, 0.2) is 0 Å². The van der Waals surface area contributed by atoms with E-state index in [-0.39, 0.29) is 0 Å². The molecule has 1 aromatic carbocycles. The molecule has 1 aliphatic rings. The van der Waals surface area contributed by atoms with E-state index in [2.05, 4.69) is 42.3 Å². The highest BCUT2D eigenvalue weighted by Gasteiger charge is 2.18. The summed E-state index contributed by atoms with van der Waals surface area (Å²) in [6, 6.07) is 7.20. The zero-order chi connectivity index (χ0) is 12.5. The average molecular weight is 260 g/mol. The van der Waals surface area contributed by atoms with Crippen molar-refractivity contribution in [2.75, 3.05) is 5.32 Å². The molecule has 0 saturated heterocycles. The molecule has 0 bridgehead atoms. The van der Waals surface area contributed by atoms with Crippen molar-refractivity contribution >= 4 is 27.2 Å². The minimum absolute atomic E-state index is 0.653. The average Bonchev–Trinajstić information content (AvgIpc) is 2.68. The van der Waals surface area contributed by atoms with Crippen LogP contribution in [0.4, 0.5) is 5.69 Å². The number of fused-ring (bicyclic) bond motifs is 1. The van der Waals surface area contributed by atoms with E-state index in [1.165, 1.54) is 36.1 Å². The lowest BCUT2D eigenvalue weighted by Gasteiger charge is -2.28. The lowest BCUT2D eigenvalue weighted by Crippen LogP contribution is -2.26. The van der Waals surface area contributed by atoms with Crippen LogP contribution in [0.3, 0.4) is 0 Å². The van der Waals surface area contributed by atoms with E-state index in [0.717, 1.165) is 16.4 Å². The van der Waals surface area contributed by atoms with Crippen molar-refractivity contribution in [2.24, 2.45) is 5.92 Å². The third-order valence-corrected chi connectivity index (χ3v) is 4.74. The van der Waals surface area contributed by atoms with E-state index in [9.17, 15) is 0 Å². The Morgan fingerprint density at radius 1 is 1.33 bits per heavy atom. The summed E-state index contributed by atoms with van der Waals surface area (Å²) in [5, 5.41) is 4.84. The maximum Gasteiger partial charge on any atom is 0.0907 e. The van der Waals surface area contributed by atoms with Crippen molar-refractivity contribution in [2.45, 2.75) is 45.6 Å². The third-order valence-electron chi connectivity index (χ3n) is 3.80. The Morgan fingerprint density at radius 2 is 2.22 bits per heavy atom. The van der Waals surface area contributed by atoms with E-state index in [1.54, 1.807) is 11.3 Å². The molecule has 1 fully saturated rings. The van der Waals surface area contributed by atoms with Crippen molar-refractivity contribution < 1.29 is 0 Å². The first kappa shape index (κ1) is 12.0. The standard InChI is InChI=1S/C15H20N2S/c1-10-4-3-5-12(8-10)17-13-6-7-14-15(9-13)18-11(2)16-14/h6-7,9-10,12,17H,3-5,8H2,1-2H3. The molecule has 1 heterocycles. The second kappa shape index (κ2) is 4.88. The second-order valence-electron chi connectivity index (χ2n) is 5.53. The van der Waals surface area contributed by atoms with Crippen LogP contribution < -0.4 is 5.32 Å². The molecule has 2 nitrogen and oxygen atoms in total. The fourth-order valence-corrected chi connectivity index (χ4v) is 3.80. The van der Waals surface area contributed by atoms with Gasteiger partial charge in [-0.15, -0.1) is 11.3 Å². The molecule has 3 rings (SSSR count). The minimum atomic E-state index is 0.653. The van der Waals surface area contributed by atoms with Crippen molar-refractivity contribution in [3.8, 4) is 0 Å². The van der Waals surface area contributed by atoms with Crippen LogP contribution in [0.5, 0.6) is 0 Å². The minimum Gasteiger partial charge on any atom is -0.382 e. The Balaban J connectivity index is 1.77. The molecule has 18 heavy (non-hydrogen) atoms. The van der Waals surface area contributed by atoms with Gasteiger partial charge in [-0.05, 0) is 43.9 Å². The van der Waals surface area contributed by atoms with Crippen LogP contribution in [-0.2, 0) is 0 Å². The van der Waals surface area contributed by atoms with Gasteiger partial charge < -0.3 is 5.32 Å². The molecule has 96 valence electrons. The molecule has 0 spiro atoms. The largest absolute Gasteiger partial charge is 0.382 e. The number of hydrogen-bond donors (Lipinski definition) is 1. The zero-order valence-corrected chi connectivity index (χ0v) is 11.9. The molecule has 0 amide bonds. The molecule has 2 atom stereocenters. The van der Waals surface area contributed by atoms with Crippen molar-refractivity contribution in [1.82, 2.24) is 4.98 Å². The first-order valence-electron chi connectivity index (χ1n) is 6.84. The highest BCUT2D eigenvalue weighted by Crippen LogP contribution is 2.29. The van der Waals surface area contributed by atoms with Crippen LogP contribution in [0.2, 0.25) is 0 Å². The van der Waals surface area contributed by atoms with Crippen LogP contribution in [0.1, 0.15) is 37.6 Å². The normalized spacial score (nSPS) is 24.3. The summed E-state index contributed by atoms with van der Waals surface area (Å²) in [6.07, 6.45) is 5.37. The smallest absolute Gasteiger partial charge is 0.0907 e. The van der Waals surface area contributed by atoms with Gasteiger partial charge in [-0.3, -0.25) is 0 Å². The molecule has 1 aliphatic carbocycles. The van der Waals surface area contributed by atoms with Crippen molar-refractivity contribution in [1.29, 1.82) is 0 Å². The summed E-state index contributed by atoms with van der Waals surface area (Å²) < 4.78 is 1.29. The number of hydrogen-bond acceptors (Lipinski definition) is 3. The van der Waals surface area contributed by atoms with E-state index in [0.29, 0.717) is 6.04 Å². The van der Waals surface area contributed by atoms with Crippen LogP contribution in [0.25, 0.3) is 10.2 Å². The number of anilines is 1. The SMILES string of the molecule is Cc1nc2ccc(NC3CCCC(C)C3)cc2s1. The lowest BCUT2D eigenvalue weighted by molar-refractivity contribution is 0.358. The summed E-state index contributed by atoms with van der Waals surface area (Å²) >= 11 is 1.78. The number of nitrogens with one attached hydrogen (secondary N) is 1. The van der Waals surface area contributed by atoms with Gasteiger partial charge in [0.2, 0.25) is 0 Å². The molecule has 0 aliphatic heterocycles. The van der Waals surface area contributed by atoms with Gasteiger partial charge in [0.1, 0.15) is 0 Å². The van der Waals surface area contributed by atoms with Gasteiger partial charge >= 0.3 is 0 Å². The number of benzene rings is 1. The zero-order valence-electron chi connectivity index (χ0n) is 11.1. The summed E-state index contributed by atoms with van der Waals surface area (Å²) in [7, 11) is 0. The van der Waals surface area contributed by atoms with Gasteiger partial charge in [-0.2, -0.15) is 0 Å². The van der Waals surface area contributed by atoms with Crippen LogP contribution >= 0.6 is 11.3 Å². The second-order valence-corrected chi connectivity index (χ2v) is 6.76. The van der Waals surface area contributed by atoms with Gasteiger partial charge in [0.25, 0.3) is 0 Å². The quantitative estimate of drug-likeness (QED) is 0.854. The van der Waals surface area contributed by atoms with Crippen LogP contribution in [-0.4, -0.2) is 11.0 Å². The van der Waals surface area contributed by atoms with Gasteiger partial charge in [-0.1, -0.05) is 19.8 Å². The van der Waals surface area contributed by atoms with Gasteiger partial charge in [0, 0.05) is 11.7 Å². The van der Waals surface area contributed by atoms with Crippen LogP contribution in [0, 0.1) is 12.8 Å². The Bertz CT molecular complexity index is 546. The van der Waals surface area contributed by atoms with Crippen molar-refractivity contribution in [3.05, 3.63) is 23.2 Å². The first-order chi connectivity index (χ1) is 8.70. The number of aromatic nitrogens is 1. The van der Waals surface area contributed by atoms with Crippen LogP contribution in [0.15, 0.2) is 18.2 Å². The lowest BCUT2D eigenvalue weighted by atomic mass is 9.87. The molecular formula is C15H20N2S. The molecule has 1 saturated carbocycles. The Morgan fingerprint density at radius 3 is 3.06 bits per heavy atom. The number of rotatable bonds is 2. The molecule has 3 heteroatoms. The monoisotopic (exact) mass is 260 g/mol. The summed E-state index contributed by atoms with van der Waals surface area (Å²) in [6.45, 7) is 4.43. The summed E-state index contributed by atoms with van der Waals surface area (Å²) in [4.78, 5) is 4.50. The summed E-state index contributed by atoms with van der Waals surface area (Å²) in [5.74, 6) is 0.866. The number of aryl methyl sites for hydroxylation is 1. The topological polar surface area (TPSA) is 24.9 Å². The van der Waals surface area contributed by atoms with Crippen molar-refractivity contribution in [3.63, 3.8) is 0 Å². The van der Waals surface area contributed by atoms with Gasteiger partial charge in [0.05, 0.1) is 15.2 Å². The third kappa shape index (κ3) is 2.51. The predicted octanol–water partition coefficient (Wildman–Crippen LogP) is 4.60. The fraction of sp³-hybridized carbons (Fsp3) is 0.533. The fourth-order valence-electron chi connectivity index (χ4n) is 2.93. The predicted molar refractivity (Wildman–Crippen MR) is 79.4 cm³/mol. The molecule has 2 unspecified atom stereocenters. The molecule has 1 N–H and O–H groups in total. The highest BCUT2D eigenvalue weighted by molar-refractivity contribution is 7.18. The van der Waals surface area contributed by atoms with E-state index >= 15 is 0 Å². The molecule has 2 aromatic rings. The summed E-state index contributed by atoms with van der Waals surface area (Å²) in [5.41, 5.74) is 2.38. The molecule has 0 radical (unpaired) electrons. The highest BCUT2D eigenvalue weighted by atomic mass is 32.1. The number of nitrogens with zero attached hydrogens (tertiary/aromatic N) is 1. The Hall–Kier alpha value is -1.09. The Labute approximate surface area is 112 Å². The van der Waals surface area contributed by atoms with E-state index < -0.39 is 0 Å². The van der Waals surface area contributed by atoms with E-state index in [1.807, 2.05) is 0 Å². The molecular weight excluding hydrogens is 240 g/mol. The van der Waals surface area contributed by atoms with Gasteiger partial charge in [-0.25, -0.2) is 4.98 Å². The molecule has 1 aromatic heterocycles.